The van der Waals surface area contributed by atoms with Gasteiger partial charge in [0.25, 0.3) is 5.91 Å². The molecule has 4 rings (SSSR count). The Labute approximate surface area is 162 Å². The lowest BCUT2D eigenvalue weighted by molar-refractivity contribution is 0.102. The molecule has 1 aliphatic rings. The fourth-order valence-electron chi connectivity index (χ4n) is 3.42. The molecular weight excluding hydrogens is 358 g/mol. The molecule has 0 unspecified atom stereocenters. The van der Waals surface area contributed by atoms with Gasteiger partial charge in [0, 0.05) is 48.0 Å². The van der Waals surface area contributed by atoms with Crippen LogP contribution >= 0.6 is 11.3 Å². The monoisotopic (exact) mass is 381 g/mol. The molecule has 3 aromatic rings. The van der Waals surface area contributed by atoms with Crippen LogP contribution in [0, 0.1) is 13.8 Å². The molecule has 0 aliphatic carbocycles. The number of anilines is 2. The summed E-state index contributed by atoms with van der Waals surface area (Å²) in [7, 11) is 1.91. The average molecular weight is 382 g/mol. The number of aromatic nitrogens is 3. The van der Waals surface area contributed by atoms with Crippen LogP contribution in [0.4, 0.5) is 10.8 Å². The zero-order valence-electron chi connectivity index (χ0n) is 15.8. The third kappa shape index (κ3) is 3.47. The second kappa shape index (κ2) is 7.15. The van der Waals surface area contributed by atoms with Crippen molar-refractivity contribution in [3.05, 3.63) is 46.6 Å². The Hall–Kier alpha value is -2.67. The van der Waals surface area contributed by atoms with Crippen LogP contribution in [0.15, 0.2) is 29.8 Å². The van der Waals surface area contributed by atoms with Crippen molar-refractivity contribution in [2.24, 2.45) is 7.05 Å². The highest BCUT2D eigenvalue weighted by molar-refractivity contribution is 7.14. The predicted octanol–water partition coefficient (Wildman–Crippen LogP) is 4.01. The number of benzene rings is 1. The van der Waals surface area contributed by atoms with Crippen molar-refractivity contribution in [2.45, 2.75) is 26.7 Å². The van der Waals surface area contributed by atoms with Crippen molar-refractivity contribution in [3.63, 3.8) is 0 Å². The number of carbonyl (C=O) groups excluding carboxylic acids is 1. The van der Waals surface area contributed by atoms with Crippen molar-refractivity contribution in [3.8, 4) is 11.3 Å². The maximum absolute atomic E-state index is 12.7. The van der Waals surface area contributed by atoms with Crippen LogP contribution in [0.3, 0.4) is 0 Å². The summed E-state index contributed by atoms with van der Waals surface area (Å²) in [5.41, 5.74) is 5.90. The van der Waals surface area contributed by atoms with Gasteiger partial charge < -0.3 is 4.90 Å². The number of nitrogens with zero attached hydrogens (tertiary/aromatic N) is 4. The number of hydrogen-bond donors (Lipinski definition) is 1. The number of nitrogens with one attached hydrogen (secondary N) is 1. The molecular formula is C20H23N5OS. The van der Waals surface area contributed by atoms with E-state index in [9.17, 15) is 4.79 Å². The SMILES string of the molecule is Cc1ccc(C(=O)Nc2nc(-c3cnn(C)c3C)cs2)cc1N1CCCC1. The molecule has 1 fully saturated rings. The smallest absolute Gasteiger partial charge is 0.257 e. The summed E-state index contributed by atoms with van der Waals surface area (Å²) in [5.74, 6) is -0.126. The Balaban J connectivity index is 1.53. The first-order chi connectivity index (χ1) is 13.0. The van der Waals surface area contributed by atoms with E-state index in [0.717, 1.165) is 35.7 Å². The zero-order chi connectivity index (χ0) is 19.0. The third-order valence-corrected chi connectivity index (χ3v) is 5.91. The lowest BCUT2D eigenvalue weighted by Crippen LogP contribution is -2.20. The Morgan fingerprint density at radius 2 is 2.00 bits per heavy atom. The van der Waals surface area contributed by atoms with Crippen LogP contribution in [0.25, 0.3) is 11.3 Å². The van der Waals surface area contributed by atoms with Gasteiger partial charge in [0.2, 0.25) is 0 Å². The van der Waals surface area contributed by atoms with Gasteiger partial charge in [0.15, 0.2) is 5.13 Å². The van der Waals surface area contributed by atoms with Crippen molar-refractivity contribution < 1.29 is 4.79 Å². The maximum atomic E-state index is 12.7. The average Bonchev–Trinajstić information content (AvgIpc) is 3.39. The van der Waals surface area contributed by atoms with Crippen LogP contribution < -0.4 is 10.2 Å². The van der Waals surface area contributed by atoms with Gasteiger partial charge in [-0.05, 0) is 44.4 Å². The van der Waals surface area contributed by atoms with E-state index in [0.29, 0.717) is 10.7 Å². The molecule has 27 heavy (non-hydrogen) atoms. The summed E-state index contributed by atoms with van der Waals surface area (Å²) in [4.78, 5) is 19.7. The van der Waals surface area contributed by atoms with Gasteiger partial charge in [-0.15, -0.1) is 11.3 Å². The first-order valence-electron chi connectivity index (χ1n) is 9.14. The van der Waals surface area contributed by atoms with E-state index in [1.165, 1.54) is 29.7 Å². The van der Waals surface area contributed by atoms with Gasteiger partial charge in [-0.2, -0.15) is 5.10 Å². The molecule has 0 atom stereocenters. The van der Waals surface area contributed by atoms with E-state index in [1.54, 1.807) is 6.20 Å². The van der Waals surface area contributed by atoms with Crippen LogP contribution in [-0.4, -0.2) is 33.8 Å². The van der Waals surface area contributed by atoms with Gasteiger partial charge in [0.05, 0.1) is 11.9 Å². The molecule has 0 spiro atoms. The van der Waals surface area contributed by atoms with Crippen LogP contribution in [0.2, 0.25) is 0 Å². The minimum Gasteiger partial charge on any atom is -0.371 e. The molecule has 6 nitrogen and oxygen atoms in total. The standard InChI is InChI=1S/C20H23N5OS/c1-13-6-7-15(10-18(13)25-8-4-5-9-25)19(26)23-20-22-17(12-27-20)16-11-21-24(3)14(16)2/h6-7,10-12H,4-5,8-9H2,1-3H3,(H,22,23,26). The summed E-state index contributed by atoms with van der Waals surface area (Å²) in [5, 5.41) is 9.74. The minimum atomic E-state index is -0.126. The van der Waals surface area contributed by atoms with E-state index in [-0.39, 0.29) is 5.91 Å². The molecule has 1 N–H and O–H groups in total. The molecule has 0 radical (unpaired) electrons. The normalized spacial score (nSPS) is 14.0. The predicted molar refractivity (Wildman–Crippen MR) is 110 cm³/mol. The first-order valence-corrected chi connectivity index (χ1v) is 10.0. The summed E-state index contributed by atoms with van der Waals surface area (Å²) in [6.07, 6.45) is 4.23. The molecule has 1 amide bonds. The Morgan fingerprint density at radius 3 is 2.70 bits per heavy atom. The Bertz CT molecular complexity index is 984. The maximum Gasteiger partial charge on any atom is 0.257 e. The van der Waals surface area contributed by atoms with Gasteiger partial charge in [0.1, 0.15) is 0 Å². The van der Waals surface area contributed by atoms with Crippen molar-refractivity contribution in [2.75, 3.05) is 23.3 Å². The first kappa shape index (κ1) is 17.7. The van der Waals surface area contributed by atoms with Crippen LogP contribution in [-0.2, 0) is 7.05 Å². The van der Waals surface area contributed by atoms with E-state index < -0.39 is 0 Å². The molecule has 0 bridgehead atoms. The largest absolute Gasteiger partial charge is 0.371 e. The zero-order valence-corrected chi connectivity index (χ0v) is 16.6. The molecule has 0 saturated carbocycles. The van der Waals surface area contributed by atoms with Crippen molar-refractivity contribution in [1.82, 2.24) is 14.8 Å². The van der Waals surface area contributed by atoms with E-state index >= 15 is 0 Å². The molecule has 7 heteroatoms. The van der Waals surface area contributed by atoms with Crippen LogP contribution in [0.1, 0.15) is 34.5 Å². The molecule has 2 aromatic heterocycles. The number of carbonyl (C=O) groups is 1. The lowest BCUT2D eigenvalue weighted by Gasteiger charge is -2.20. The molecule has 1 aromatic carbocycles. The summed E-state index contributed by atoms with van der Waals surface area (Å²) >= 11 is 1.43. The number of amides is 1. The summed E-state index contributed by atoms with van der Waals surface area (Å²) < 4.78 is 1.82. The number of aryl methyl sites for hydroxylation is 2. The molecule has 140 valence electrons. The number of hydrogen-bond acceptors (Lipinski definition) is 5. The van der Waals surface area contributed by atoms with Crippen molar-refractivity contribution in [1.29, 1.82) is 0 Å². The van der Waals surface area contributed by atoms with E-state index in [2.05, 4.69) is 27.2 Å². The number of rotatable bonds is 4. The van der Waals surface area contributed by atoms with Gasteiger partial charge in [-0.1, -0.05) is 6.07 Å². The van der Waals surface area contributed by atoms with Gasteiger partial charge >= 0.3 is 0 Å². The number of thiazole rings is 1. The summed E-state index contributed by atoms with van der Waals surface area (Å²) in [6, 6.07) is 5.90. The molecule has 1 aliphatic heterocycles. The topological polar surface area (TPSA) is 63.1 Å². The van der Waals surface area contributed by atoms with Gasteiger partial charge in [-0.25, -0.2) is 4.98 Å². The quantitative estimate of drug-likeness (QED) is 0.742. The lowest BCUT2D eigenvalue weighted by atomic mass is 10.1. The van der Waals surface area contributed by atoms with E-state index in [4.69, 9.17) is 0 Å². The highest BCUT2D eigenvalue weighted by atomic mass is 32.1. The molecule has 1 saturated heterocycles. The van der Waals surface area contributed by atoms with Crippen LogP contribution in [0.5, 0.6) is 0 Å². The van der Waals surface area contributed by atoms with E-state index in [1.807, 2.05) is 42.2 Å². The highest BCUT2D eigenvalue weighted by Crippen LogP contribution is 2.28. The highest BCUT2D eigenvalue weighted by Gasteiger charge is 2.17. The fraction of sp³-hybridized carbons (Fsp3) is 0.350. The Kier molecular flexibility index (Phi) is 4.70. The third-order valence-electron chi connectivity index (χ3n) is 5.15. The molecule has 3 heterocycles. The fourth-order valence-corrected chi connectivity index (χ4v) is 4.13. The van der Waals surface area contributed by atoms with Crippen molar-refractivity contribution >= 4 is 28.1 Å². The second-order valence-corrected chi connectivity index (χ2v) is 7.81. The second-order valence-electron chi connectivity index (χ2n) is 6.95. The Morgan fingerprint density at radius 1 is 1.22 bits per heavy atom. The van der Waals surface area contributed by atoms with Gasteiger partial charge in [-0.3, -0.25) is 14.8 Å². The minimum absolute atomic E-state index is 0.126. The summed E-state index contributed by atoms with van der Waals surface area (Å²) in [6.45, 7) is 6.23.